The van der Waals surface area contributed by atoms with Crippen LogP contribution in [0.15, 0.2) is 42.7 Å². The molecule has 0 saturated carbocycles. The van der Waals surface area contributed by atoms with Crippen LogP contribution in [0.3, 0.4) is 0 Å². The number of benzene rings is 1. The van der Waals surface area contributed by atoms with E-state index in [1.54, 1.807) is 23.4 Å². The summed E-state index contributed by atoms with van der Waals surface area (Å²) in [6.45, 7) is 4.40. The summed E-state index contributed by atoms with van der Waals surface area (Å²) < 4.78 is 0. The first-order valence-electron chi connectivity index (χ1n) is 7.89. The normalized spacial score (nSPS) is 14.8. The largest absolute Gasteiger partial charge is 0.367 e. The standard InChI is InChI=1S/C18H21N3O2/c1-14-2-4-15(5-3-14)12-17(22)20-8-10-21(11-9-20)18(23)16-6-7-19-13-16/h2-7,13,19H,8-12H2,1H3. The van der Waals surface area contributed by atoms with Gasteiger partial charge in [-0.1, -0.05) is 29.8 Å². The smallest absolute Gasteiger partial charge is 0.255 e. The molecule has 23 heavy (non-hydrogen) atoms. The van der Waals surface area contributed by atoms with Crippen LogP contribution >= 0.6 is 0 Å². The summed E-state index contributed by atoms with van der Waals surface area (Å²) in [7, 11) is 0. The number of aromatic amines is 1. The van der Waals surface area contributed by atoms with Crippen LogP contribution in [-0.2, 0) is 11.2 Å². The second-order valence-electron chi connectivity index (χ2n) is 5.94. The Labute approximate surface area is 135 Å². The van der Waals surface area contributed by atoms with Gasteiger partial charge >= 0.3 is 0 Å². The quantitative estimate of drug-likeness (QED) is 0.940. The molecule has 1 N–H and O–H groups in total. The minimum atomic E-state index is 0.0249. The van der Waals surface area contributed by atoms with Crippen molar-refractivity contribution < 1.29 is 9.59 Å². The fourth-order valence-electron chi connectivity index (χ4n) is 2.79. The molecule has 0 atom stereocenters. The molecule has 0 aliphatic carbocycles. The molecule has 1 saturated heterocycles. The molecule has 1 fully saturated rings. The molecule has 5 nitrogen and oxygen atoms in total. The minimum absolute atomic E-state index is 0.0249. The topological polar surface area (TPSA) is 56.4 Å². The highest BCUT2D eigenvalue weighted by atomic mass is 16.2. The first kappa shape index (κ1) is 15.3. The van der Waals surface area contributed by atoms with E-state index in [4.69, 9.17) is 0 Å². The third-order valence-corrected chi connectivity index (χ3v) is 4.24. The molecule has 2 aromatic rings. The maximum absolute atomic E-state index is 12.4. The number of rotatable bonds is 3. The highest BCUT2D eigenvalue weighted by Gasteiger charge is 2.24. The van der Waals surface area contributed by atoms with Gasteiger partial charge in [-0.05, 0) is 18.6 Å². The number of carbonyl (C=O) groups excluding carboxylic acids is 2. The number of piperazine rings is 1. The Morgan fingerprint density at radius 1 is 1.00 bits per heavy atom. The Balaban J connectivity index is 1.53. The number of nitrogens with one attached hydrogen (secondary N) is 1. The van der Waals surface area contributed by atoms with Crippen LogP contribution in [0.1, 0.15) is 21.5 Å². The lowest BCUT2D eigenvalue weighted by molar-refractivity contribution is -0.131. The van der Waals surface area contributed by atoms with E-state index in [2.05, 4.69) is 4.98 Å². The highest BCUT2D eigenvalue weighted by molar-refractivity contribution is 5.94. The first-order chi connectivity index (χ1) is 11.1. The summed E-state index contributed by atoms with van der Waals surface area (Å²) in [6, 6.07) is 9.82. The molecule has 5 heteroatoms. The lowest BCUT2D eigenvalue weighted by Crippen LogP contribution is -2.50. The fourth-order valence-corrected chi connectivity index (χ4v) is 2.79. The predicted octanol–water partition coefficient (Wildman–Crippen LogP) is 1.85. The summed E-state index contributed by atoms with van der Waals surface area (Å²) in [5.41, 5.74) is 2.90. The van der Waals surface area contributed by atoms with Gasteiger partial charge in [0.15, 0.2) is 0 Å². The molecular weight excluding hydrogens is 290 g/mol. The van der Waals surface area contributed by atoms with E-state index < -0.39 is 0 Å². The van der Waals surface area contributed by atoms with Crippen molar-refractivity contribution in [3.8, 4) is 0 Å². The van der Waals surface area contributed by atoms with E-state index in [1.807, 2.05) is 36.1 Å². The van der Waals surface area contributed by atoms with E-state index in [9.17, 15) is 9.59 Å². The highest BCUT2D eigenvalue weighted by Crippen LogP contribution is 2.11. The Morgan fingerprint density at radius 2 is 1.65 bits per heavy atom. The molecule has 0 unspecified atom stereocenters. The zero-order chi connectivity index (χ0) is 16.2. The van der Waals surface area contributed by atoms with Gasteiger partial charge in [0.25, 0.3) is 5.91 Å². The van der Waals surface area contributed by atoms with E-state index in [-0.39, 0.29) is 11.8 Å². The average Bonchev–Trinajstić information content (AvgIpc) is 3.11. The van der Waals surface area contributed by atoms with Crippen molar-refractivity contribution in [3.05, 3.63) is 59.4 Å². The zero-order valence-corrected chi connectivity index (χ0v) is 13.3. The van der Waals surface area contributed by atoms with E-state index in [0.29, 0.717) is 38.2 Å². The number of nitrogens with zero attached hydrogens (tertiary/aromatic N) is 2. The number of hydrogen-bond donors (Lipinski definition) is 1. The average molecular weight is 311 g/mol. The zero-order valence-electron chi connectivity index (χ0n) is 13.3. The van der Waals surface area contributed by atoms with Crippen LogP contribution in [0.25, 0.3) is 0 Å². The van der Waals surface area contributed by atoms with Gasteiger partial charge in [-0.25, -0.2) is 0 Å². The van der Waals surface area contributed by atoms with Gasteiger partial charge in [-0.2, -0.15) is 0 Å². The van der Waals surface area contributed by atoms with Crippen molar-refractivity contribution in [2.24, 2.45) is 0 Å². The molecule has 2 amide bonds. The van der Waals surface area contributed by atoms with Crippen LogP contribution in [0.2, 0.25) is 0 Å². The number of aryl methyl sites for hydroxylation is 1. The maximum atomic E-state index is 12.4. The fraction of sp³-hybridized carbons (Fsp3) is 0.333. The third kappa shape index (κ3) is 3.62. The number of H-pyrrole nitrogens is 1. The Morgan fingerprint density at radius 3 is 2.26 bits per heavy atom. The van der Waals surface area contributed by atoms with Crippen molar-refractivity contribution in [2.45, 2.75) is 13.3 Å². The van der Waals surface area contributed by atoms with Gasteiger partial charge in [0, 0.05) is 38.6 Å². The van der Waals surface area contributed by atoms with Crippen molar-refractivity contribution in [1.29, 1.82) is 0 Å². The van der Waals surface area contributed by atoms with E-state index >= 15 is 0 Å². The van der Waals surface area contributed by atoms with Gasteiger partial charge in [0.2, 0.25) is 5.91 Å². The Kier molecular flexibility index (Phi) is 4.46. The van der Waals surface area contributed by atoms with Gasteiger partial charge in [-0.15, -0.1) is 0 Å². The van der Waals surface area contributed by atoms with Crippen LogP contribution < -0.4 is 0 Å². The van der Waals surface area contributed by atoms with E-state index in [1.165, 1.54) is 5.56 Å². The Hall–Kier alpha value is -2.56. The molecule has 0 bridgehead atoms. The molecule has 3 rings (SSSR count). The van der Waals surface area contributed by atoms with Gasteiger partial charge in [0.1, 0.15) is 0 Å². The van der Waals surface area contributed by atoms with Crippen molar-refractivity contribution in [3.63, 3.8) is 0 Å². The van der Waals surface area contributed by atoms with Gasteiger partial charge < -0.3 is 14.8 Å². The number of aromatic nitrogens is 1. The van der Waals surface area contributed by atoms with Crippen molar-refractivity contribution in [1.82, 2.24) is 14.8 Å². The van der Waals surface area contributed by atoms with Crippen molar-refractivity contribution in [2.75, 3.05) is 26.2 Å². The summed E-state index contributed by atoms with van der Waals surface area (Å²) in [5, 5.41) is 0. The van der Waals surface area contributed by atoms with Crippen LogP contribution in [0.4, 0.5) is 0 Å². The first-order valence-corrected chi connectivity index (χ1v) is 7.89. The molecule has 1 aromatic carbocycles. The SMILES string of the molecule is Cc1ccc(CC(=O)N2CCN(C(=O)c3cc[nH]c3)CC2)cc1. The summed E-state index contributed by atoms with van der Waals surface area (Å²) >= 11 is 0. The summed E-state index contributed by atoms with van der Waals surface area (Å²) in [5.74, 6) is 0.152. The lowest BCUT2D eigenvalue weighted by Gasteiger charge is -2.34. The number of hydrogen-bond acceptors (Lipinski definition) is 2. The van der Waals surface area contributed by atoms with Crippen LogP contribution in [0, 0.1) is 6.92 Å². The van der Waals surface area contributed by atoms with E-state index in [0.717, 1.165) is 5.56 Å². The predicted molar refractivity (Wildman–Crippen MR) is 88.2 cm³/mol. The van der Waals surface area contributed by atoms with Crippen LogP contribution in [0.5, 0.6) is 0 Å². The molecule has 0 radical (unpaired) electrons. The monoisotopic (exact) mass is 311 g/mol. The number of carbonyl (C=O) groups is 2. The second-order valence-corrected chi connectivity index (χ2v) is 5.94. The number of amides is 2. The third-order valence-electron chi connectivity index (χ3n) is 4.24. The molecule has 1 aliphatic rings. The maximum Gasteiger partial charge on any atom is 0.255 e. The minimum Gasteiger partial charge on any atom is -0.367 e. The molecule has 2 heterocycles. The summed E-state index contributed by atoms with van der Waals surface area (Å²) in [6.07, 6.45) is 3.87. The van der Waals surface area contributed by atoms with Crippen molar-refractivity contribution >= 4 is 11.8 Å². The molecule has 120 valence electrons. The molecule has 0 spiro atoms. The molecule has 1 aromatic heterocycles. The molecular formula is C18H21N3O2. The summed E-state index contributed by atoms with van der Waals surface area (Å²) in [4.78, 5) is 31.2. The van der Waals surface area contributed by atoms with Crippen LogP contribution in [-0.4, -0.2) is 52.8 Å². The lowest BCUT2D eigenvalue weighted by atomic mass is 10.1. The van der Waals surface area contributed by atoms with Gasteiger partial charge in [-0.3, -0.25) is 9.59 Å². The van der Waals surface area contributed by atoms with Gasteiger partial charge in [0.05, 0.1) is 12.0 Å². The second kappa shape index (κ2) is 6.69. The molecule has 1 aliphatic heterocycles. The Bertz CT molecular complexity index is 669.